The van der Waals surface area contributed by atoms with Crippen LogP contribution in [0, 0.1) is 0 Å². The predicted molar refractivity (Wildman–Crippen MR) is 73.0 cm³/mol. The van der Waals surface area contributed by atoms with Crippen LogP contribution >= 0.6 is 11.8 Å². The van der Waals surface area contributed by atoms with E-state index < -0.39 is 0 Å². The Kier molecular flexibility index (Phi) is 4.24. The van der Waals surface area contributed by atoms with Crippen molar-refractivity contribution in [3.05, 3.63) is 6.07 Å². The number of aromatic nitrogens is 2. The van der Waals surface area contributed by atoms with Crippen molar-refractivity contribution < 1.29 is 4.79 Å². The van der Waals surface area contributed by atoms with Crippen LogP contribution in [0.25, 0.3) is 0 Å². The molecular formula is C11H17N5OS. The molecule has 98 valence electrons. The molecule has 1 aliphatic carbocycles. The summed E-state index contributed by atoms with van der Waals surface area (Å²) in [6, 6.07) is 2.17. The van der Waals surface area contributed by atoms with Gasteiger partial charge in [0.05, 0.1) is 6.54 Å². The van der Waals surface area contributed by atoms with Crippen LogP contribution in [-0.4, -0.2) is 41.8 Å². The number of carbonyl (C=O) groups excluding carboxylic acids is 1. The van der Waals surface area contributed by atoms with Crippen LogP contribution in [0.4, 0.5) is 11.6 Å². The Morgan fingerprint density at radius 3 is 2.78 bits per heavy atom. The van der Waals surface area contributed by atoms with Gasteiger partial charge in [-0.25, -0.2) is 9.97 Å². The lowest BCUT2D eigenvalue weighted by molar-refractivity contribution is -0.119. The standard InChI is InChI=1S/C11H17N5OS/c1-12-8-5-9(16-11(15-8)18-2)13-6-10(17)14-7-3-4-7/h5,7H,3-4,6H2,1-2H3,(H,14,17)(H2,12,13,15,16). The number of thioether (sulfide) groups is 1. The number of rotatable bonds is 6. The summed E-state index contributed by atoms with van der Waals surface area (Å²) in [5.41, 5.74) is 0. The largest absolute Gasteiger partial charge is 0.373 e. The zero-order chi connectivity index (χ0) is 13.0. The molecule has 0 unspecified atom stereocenters. The van der Waals surface area contributed by atoms with Gasteiger partial charge in [0.25, 0.3) is 0 Å². The highest BCUT2D eigenvalue weighted by Crippen LogP contribution is 2.19. The van der Waals surface area contributed by atoms with Gasteiger partial charge in [-0.2, -0.15) is 0 Å². The second-order valence-electron chi connectivity index (χ2n) is 4.07. The Bertz CT molecular complexity index is 413. The highest BCUT2D eigenvalue weighted by molar-refractivity contribution is 7.98. The maximum Gasteiger partial charge on any atom is 0.239 e. The first-order chi connectivity index (χ1) is 8.71. The van der Waals surface area contributed by atoms with Gasteiger partial charge in [-0.3, -0.25) is 4.79 Å². The molecule has 0 bridgehead atoms. The van der Waals surface area contributed by atoms with E-state index in [1.54, 1.807) is 13.1 Å². The molecule has 1 aromatic rings. The molecule has 3 N–H and O–H groups in total. The van der Waals surface area contributed by atoms with Crippen molar-refractivity contribution in [1.29, 1.82) is 0 Å². The summed E-state index contributed by atoms with van der Waals surface area (Å²) in [7, 11) is 1.80. The Labute approximate surface area is 110 Å². The summed E-state index contributed by atoms with van der Waals surface area (Å²) in [5, 5.41) is 9.57. The molecule has 2 rings (SSSR count). The van der Waals surface area contributed by atoms with Gasteiger partial charge in [-0.05, 0) is 19.1 Å². The van der Waals surface area contributed by atoms with Crippen molar-refractivity contribution in [2.45, 2.75) is 24.0 Å². The van der Waals surface area contributed by atoms with Crippen LogP contribution in [0.5, 0.6) is 0 Å². The van der Waals surface area contributed by atoms with Gasteiger partial charge in [0.2, 0.25) is 5.91 Å². The predicted octanol–water partition coefficient (Wildman–Crippen LogP) is 0.931. The van der Waals surface area contributed by atoms with E-state index in [4.69, 9.17) is 0 Å². The number of carbonyl (C=O) groups is 1. The lowest BCUT2D eigenvalue weighted by atomic mass is 10.5. The summed E-state index contributed by atoms with van der Waals surface area (Å²) < 4.78 is 0. The van der Waals surface area contributed by atoms with Gasteiger partial charge in [0.1, 0.15) is 11.6 Å². The Hall–Kier alpha value is -1.50. The molecule has 6 nitrogen and oxygen atoms in total. The van der Waals surface area contributed by atoms with Crippen molar-refractivity contribution in [2.75, 3.05) is 30.5 Å². The van der Waals surface area contributed by atoms with Crippen molar-refractivity contribution in [3.63, 3.8) is 0 Å². The summed E-state index contributed by atoms with van der Waals surface area (Å²) in [6.45, 7) is 0.241. The van der Waals surface area contributed by atoms with Crippen LogP contribution in [0.3, 0.4) is 0 Å². The minimum atomic E-state index is 0.00724. The normalized spacial score (nSPS) is 14.1. The van der Waals surface area contributed by atoms with Crippen molar-refractivity contribution in [1.82, 2.24) is 15.3 Å². The monoisotopic (exact) mass is 267 g/mol. The van der Waals surface area contributed by atoms with E-state index in [0.717, 1.165) is 18.7 Å². The number of anilines is 2. The molecule has 7 heteroatoms. The van der Waals surface area contributed by atoms with E-state index in [1.807, 2.05) is 6.26 Å². The lowest BCUT2D eigenvalue weighted by Crippen LogP contribution is -2.31. The SMILES string of the molecule is CNc1cc(NCC(=O)NC2CC2)nc(SC)n1. The highest BCUT2D eigenvalue weighted by Gasteiger charge is 2.22. The molecule has 0 spiro atoms. The van der Waals surface area contributed by atoms with E-state index in [-0.39, 0.29) is 12.5 Å². The molecule has 0 aliphatic heterocycles. The van der Waals surface area contributed by atoms with Gasteiger partial charge < -0.3 is 16.0 Å². The molecular weight excluding hydrogens is 250 g/mol. The van der Waals surface area contributed by atoms with Crippen molar-refractivity contribution in [2.24, 2.45) is 0 Å². The molecule has 1 amide bonds. The smallest absolute Gasteiger partial charge is 0.239 e. The average molecular weight is 267 g/mol. The Morgan fingerprint density at radius 1 is 1.44 bits per heavy atom. The van der Waals surface area contributed by atoms with Gasteiger partial charge in [0, 0.05) is 19.2 Å². The minimum Gasteiger partial charge on any atom is -0.373 e. The molecule has 1 saturated carbocycles. The molecule has 18 heavy (non-hydrogen) atoms. The quantitative estimate of drug-likeness (QED) is 0.526. The van der Waals surface area contributed by atoms with Gasteiger partial charge in [-0.1, -0.05) is 11.8 Å². The molecule has 1 fully saturated rings. The highest BCUT2D eigenvalue weighted by atomic mass is 32.2. The molecule has 1 heterocycles. The number of hydrogen-bond donors (Lipinski definition) is 3. The number of nitrogens with zero attached hydrogens (tertiary/aromatic N) is 2. The Balaban J connectivity index is 1.92. The molecule has 0 radical (unpaired) electrons. The average Bonchev–Trinajstić information content (AvgIpc) is 3.19. The van der Waals surface area contributed by atoms with Crippen LogP contribution in [0.2, 0.25) is 0 Å². The van der Waals surface area contributed by atoms with Crippen molar-refractivity contribution in [3.8, 4) is 0 Å². The zero-order valence-electron chi connectivity index (χ0n) is 10.5. The van der Waals surface area contributed by atoms with Crippen LogP contribution in [0.1, 0.15) is 12.8 Å². The summed E-state index contributed by atoms with van der Waals surface area (Å²) >= 11 is 1.46. The summed E-state index contributed by atoms with van der Waals surface area (Å²) in [5.74, 6) is 1.40. The zero-order valence-corrected chi connectivity index (χ0v) is 11.3. The molecule has 1 aliphatic rings. The second kappa shape index (κ2) is 5.90. The van der Waals surface area contributed by atoms with Gasteiger partial charge >= 0.3 is 0 Å². The first-order valence-corrected chi connectivity index (χ1v) is 7.08. The van der Waals surface area contributed by atoms with E-state index >= 15 is 0 Å². The van der Waals surface area contributed by atoms with Crippen LogP contribution < -0.4 is 16.0 Å². The first kappa shape index (κ1) is 12.9. The molecule has 1 aromatic heterocycles. The fraction of sp³-hybridized carbons (Fsp3) is 0.545. The van der Waals surface area contributed by atoms with E-state index in [9.17, 15) is 4.79 Å². The molecule has 0 atom stereocenters. The summed E-state index contributed by atoms with van der Waals surface area (Å²) in [6.07, 6.45) is 4.11. The summed E-state index contributed by atoms with van der Waals surface area (Å²) in [4.78, 5) is 20.1. The van der Waals surface area contributed by atoms with Gasteiger partial charge in [-0.15, -0.1) is 0 Å². The van der Waals surface area contributed by atoms with E-state index in [0.29, 0.717) is 17.0 Å². The third kappa shape index (κ3) is 3.76. The maximum atomic E-state index is 11.5. The molecule has 0 saturated heterocycles. The van der Waals surface area contributed by atoms with E-state index in [2.05, 4.69) is 25.9 Å². The Morgan fingerprint density at radius 2 is 2.17 bits per heavy atom. The number of hydrogen-bond acceptors (Lipinski definition) is 6. The lowest BCUT2D eigenvalue weighted by Gasteiger charge is -2.09. The third-order valence-corrected chi connectivity index (χ3v) is 3.06. The first-order valence-electron chi connectivity index (χ1n) is 5.85. The molecule has 0 aromatic carbocycles. The topological polar surface area (TPSA) is 78.9 Å². The third-order valence-electron chi connectivity index (χ3n) is 2.52. The number of amides is 1. The van der Waals surface area contributed by atoms with Crippen LogP contribution in [0.15, 0.2) is 11.2 Å². The van der Waals surface area contributed by atoms with Gasteiger partial charge in [0.15, 0.2) is 5.16 Å². The fourth-order valence-electron chi connectivity index (χ4n) is 1.41. The maximum absolute atomic E-state index is 11.5. The number of nitrogens with one attached hydrogen (secondary N) is 3. The van der Waals surface area contributed by atoms with E-state index in [1.165, 1.54) is 11.8 Å². The fourth-order valence-corrected chi connectivity index (χ4v) is 1.79. The second-order valence-corrected chi connectivity index (χ2v) is 4.84. The van der Waals surface area contributed by atoms with Crippen LogP contribution in [-0.2, 0) is 4.79 Å². The minimum absolute atomic E-state index is 0.00724. The van der Waals surface area contributed by atoms with Crippen molar-refractivity contribution >= 4 is 29.3 Å².